The van der Waals surface area contributed by atoms with Gasteiger partial charge in [-0.1, -0.05) is 5.16 Å². The molecule has 1 aromatic rings. The molecule has 0 bridgehead atoms. The van der Waals surface area contributed by atoms with Gasteiger partial charge in [0.1, 0.15) is 0 Å². The van der Waals surface area contributed by atoms with Crippen LogP contribution in [0.3, 0.4) is 0 Å². The van der Waals surface area contributed by atoms with Crippen molar-refractivity contribution in [3.8, 4) is 0 Å². The fraction of sp³-hybridized carbons (Fsp3) is 0.538. The van der Waals surface area contributed by atoms with E-state index in [4.69, 9.17) is 10.6 Å². The zero-order chi connectivity index (χ0) is 14.5. The van der Waals surface area contributed by atoms with Crippen LogP contribution in [0.15, 0.2) is 21.1 Å². The van der Waals surface area contributed by atoms with Gasteiger partial charge in [-0.05, 0) is 48.2 Å². The lowest BCUT2D eigenvalue weighted by molar-refractivity contribution is -0.139. The predicted molar refractivity (Wildman–Crippen MR) is 83.7 cm³/mol. The number of hydrogen-bond acceptors (Lipinski definition) is 4. The van der Waals surface area contributed by atoms with Crippen LogP contribution in [0.4, 0.5) is 0 Å². The summed E-state index contributed by atoms with van der Waals surface area (Å²) in [5.74, 6) is 0.265. The lowest BCUT2D eigenvalue weighted by atomic mass is 10.0. The first-order valence-corrected chi connectivity index (χ1v) is 8.24. The van der Waals surface area contributed by atoms with Gasteiger partial charge in [-0.2, -0.15) is 0 Å². The number of amides is 1. The molecule has 0 aliphatic carbocycles. The molecule has 1 aromatic heterocycles. The zero-order valence-corrected chi connectivity index (χ0v) is 13.7. The molecule has 1 unspecified atom stereocenters. The molecule has 20 heavy (non-hydrogen) atoms. The number of nitrogens with two attached hydrogens (primary N) is 1. The smallest absolute Gasteiger partial charge is 0.263 e. The topological polar surface area (TPSA) is 67.9 Å². The van der Waals surface area contributed by atoms with Gasteiger partial charge in [-0.3, -0.25) is 4.79 Å². The molecule has 7 heteroatoms. The summed E-state index contributed by atoms with van der Waals surface area (Å²) in [7, 11) is 0. The van der Waals surface area contributed by atoms with Crippen molar-refractivity contribution in [2.75, 3.05) is 13.2 Å². The first-order chi connectivity index (χ1) is 9.58. The Labute approximate surface area is 130 Å². The van der Waals surface area contributed by atoms with E-state index < -0.39 is 0 Å². The lowest BCUT2D eigenvalue weighted by Crippen LogP contribution is -2.43. The molecule has 110 valence electrons. The van der Waals surface area contributed by atoms with Gasteiger partial charge in [0, 0.05) is 22.4 Å². The van der Waals surface area contributed by atoms with Gasteiger partial charge >= 0.3 is 0 Å². The average Bonchev–Trinajstić information content (AvgIpc) is 2.85. The summed E-state index contributed by atoms with van der Waals surface area (Å²) in [6.07, 6.45) is 3.30. The highest BCUT2D eigenvalue weighted by Crippen LogP contribution is 2.19. The van der Waals surface area contributed by atoms with Gasteiger partial charge in [0.05, 0.1) is 4.88 Å². The Balaban J connectivity index is 1.84. The van der Waals surface area contributed by atoms with Gasteiger partial charge < -0.3 is 15.5 Å². The summed E-state index contributed by atoms with van der Waals surface area (Å²) in [6, 6.07) is 2.15. The second kappa shape index (κ2) is 7.08. The Morgan fingerprint density at radius 2 is 2.45 bits per heavy atom. The minimum absolute atomic E-state index is 0.0267. The Hall–Kier alpha value is -1.08. The minimum Gasteiger partial charge on any atom is -0.384 e. The second-order valence-corrected chi connectivity index (χ2v) is 6.64. The van der Waals surface area contributed by atoms with Crippen LogP contribution in [-0.4, -0.2) is 35.8 Å². The Morgan fingerprint density at radius 3 is 3.10 bits per heavy atom. The Morgan fingerprint density at radius 1 is 1.65 bits per heavy atom. The molecule has 2 rings (SSSR count). The van der Waals surface area contributed by atoms with Crippen molar-refractivity contribution in [2.45, 2.75) is 32.2 Å². The van der Waals surface area contributed by atoms with Crippen molar-refractivity contribution in [3.63, 3.8) is 0 Å². The standard InChI is InChI=1S/C13H18BrN3O2S/c1-9-4-2-3-5-17(9)12(18)7-19-16-13(15)11-6-10(14)8-20-11/h6,8-9H,2-5,7H2,1H3,(H2,15,16). The van der Waals surface area contributed by atoms with Crippen molar-refractivity contribution in [3.05, 3.63) is 20.8 Å². The summed E-state index contributed by atoms with van der Waals surface area (Å²) in [5, 5.41) is 5.72. The minimum atomic E-state index is -0.0580. The Kier molecular flexibility index (Phi) is 5.42. The maximum Gasteiger partial charge on any atom is 0.263 e. The molecule has 1 saturated heterocycles. The van der Waals surface area contributed by atoms with Gasteiger partial charge in [-0.25, -0.2) is 0 Å². The number of thiophene rings is 1. The summed E-state index contributed by atoms with van der Waals surface area (Å²) in [5.41, 5.74) is 5.79. The normalized spacial score (nSPS) is 20.0. The largest absolute Gasteiger partial charge is 0.384 e. The average molecular weight is 360 g/mol. The molecule has 5 nitrogen and oxygen atoms in total. The van der Waals surface area contributed by atoms with Gasteiger partial charge in [-0.15, -0.1) is 11.3 Å². The van der Waals surface area contributed by atoms with E-state index in [2.05, 4.69) is 28.0 Å². The predicted octanol–water partition coefficient (Wildman–Crippen LogP) is 2.55. The van der Waals surface area contributed by atoms with E-state index in [1.54, 1.807) is 0 Å². The number of rotatable bonds is 4. The molecule has 1 atom stereocenters. The van der Waals surface area contributed by atoms with E-state index in [1.807, 2.05) is 16.3 Å². The molecule has 1 amide bonds. The van der Waals surface area contributed by atoms with E-state index in [9.17, 15) is 4.79 Å². The molecule has 1 fully saturated rings. The molecular weight excluding hydrogens is 342 g/mol. The van der Waals surface area contributed by atoms with Crippen LogP contribution >= 0.6 is 27.3 Å². The highest BCUT2D eigenvalue weighted by atomic mass is 79.9. The molecule has 0 radical (unpaired) electrons. The summed E-state index contributed by atoms with van der Waals surface area (Å²) < 4.78 is 0.953. The quantitative estimate of drug-likeness (QED) is 0.510. The summed E-state index contributed by atoms with van der Waals surface area (Å²) in [4.78, 5) is 19.8. The number of hydrogen-bond donors (Lipinski definition) is 1. The van der Waals surface area contributed by atoms with Crippen molar-refractivity contribution in [1.82, 2.24) is 4.90 Å². The number of oxime groups is 1. The maximum atomic E-state index is 12.0. The van der Waals surface area contributed by atoms with Crippen molar-refractivity contribution >= 4 is 39.0 Å². The number of nitrogens with zero attached hydrogens (tertiary/aromatic N) is 2. The van der Waals surface area contributed by atoms with Crippen LogP contribution in [0.25, 0.3) is 0 Å². The fourth-order valence-electron chi connectivity index (χ4n) is 2.20. The first kappa shape index (κ1) is 15.3. The summed E-state index contributed by atoms with van der Waals surface area (Å²) >= 11 is 4.82. The van der Waals surface area contributed by atoms with Crippen LogP contribution in [0.1, 0.15) is 31.1 Å². The number of halogens is 1. The van der Waals surface area contributed by atoms with Gasteiger partial charge in [0.25, 0.3) is 5.91 Å². The third kappa shape index (κ3) is 3.96. The molecule has 1 aliphatic heterocycles. The monoisotopic (exact) mass is 359 g/mol. The van der Waals surface area contributed by atoms with Crippen LogP contribution in [0.2, 0.25) is 0 Å². The molecule has 0 spiro atoms. The first-order valence-electron chi connectivity index (χ1n) is 6.57. The van der Waals surface area contributed by atoms with Crippen molar-refractivity contribution in [1.29, 1.82) is 0 Å². The third-order valence-electron chi connectivity index (χ3n) is 3.29. The van der Waals surface area contributed by atoms with Crippen molar-refractivity contribution in [2.24, 2.45) is 10.9 Å². The van der Waals surface area contributed by atoms with Crippen LogP contribution in [0, 0.1) is 0 Å². The Bertz CT molecular complexity index is 504. The molecule has 0 saturated carbocycles. The van der Waals surface area contributed by atoms with Gasteiger partial charge in [0.2, 0.25) is 0 Å². The third-order valence-corrected chi connectivity index (χ3v) is 5.01. The molecule has 2 N–H and O–H groups in total. The number of carbonyl (C=O) groups excluding carboxylic acids is 1. The van der Waals surface area contributed by atoms with E-state index in [1.165, 1.54) is 17.8 Å². The SMILES string of the molecule is CC1CCCCN1C(=O)CON=C(N)c1cc(Br)cs1. The van der Waals surface area contributed by atoms with E-state index in [0.717, 1.165) is 28.7 Å². The van der Waals surface area contributed by atoms with Crippen molar-refractivity contribution < 1.29 is 9.63 Å². The molecule has 1 aliphatic rings. The fourth-order valence-corrected chi connectivity index (χ4v) is 3.52. The summed E-state index contributed by atoms with van der Waals surface area (Å²) in [6.45, 7) is 2.82. The highest BCUT2D eigenvalue weighted by molar-refractivity contribution is 9.10. The maximum absolute atomic E-state index is 12.0. The number of carbonyl (C=O) groups is 1. The zero-order valence-electron chi connectivity index (χ0n) is 11.3. The van der Waals surface area contributed by atoms with Crippen LogP contribution < -0.4 is 5.73 Å². The molecular formula is C13H18BrN3O2S. The number of piperidine rings is 1. The molecule has 0 aromatic carbocycles. The highest BCUT2D eigenvalue weighted by Gasteiger charge is 2.23. The lowest BCUT2D eigenvalue weighted by Gasteiger charge is -2.32. The van der Waals surface area contributed by atoms with E-state index >= 15 is 0 Å². The second-order valence-electron chi connectivity index (χ2n) is 4.81. The van der Waals surface area contributed by atoms with E-state index in [-0.39, 0.29) is 18.6 Å². The molecule has 2 heterocycles. The number of likely N-dealkylation sites (tertiary alicyclic amines) is 1. The van der Waals surface area contributed by atoms with Crippen LogP contribution in [-0.2, 0) is 9.63 Å². The number of amidine groups is 1. The van der Waals surface area contributed by atoms with E-state index in [0.29, 0.717) is 5.84 Å². The van der Waals surface area contributed by atoms with Crippen LogP contribution in [0.5, 0.6) is 0 Å². The van der Waals surface area contributed by atoms with Gasteiger partial charge in [0.15, 0.2) is 12.4 Å².